The van der Waals surface area contributed by atoms with Gasteiger partial charge in [-0.2, -0.15) is 0 Å². The van der Waals surface area contributed by atoms with Crippen LogP contribution in [0, 0.1) is 0 Å². The van der Waals surface area contributed by atoms with E-state index in [-0.39, 0.29) is 0 Å². The zero-order chi connectivity index (χ0) is 15.4. The lowest BCUT2D eigenvalue weighted by atomic mass is 9.85. The second-order valence-electron chi connectivity index (χ2n) is 7.34. The van der Waals surface area contributed by atoms with E-state index in [1.165, 1.54) is 32.2 Å². The van der Waals surface area contributed by atoms with Crippen molar-refractivity contribution in [1.29, 1.82) is 0 Å². The fourth-order valence-corrected chi connectivity index (χ4v) is 3.78. The highest BCUT2D eigenvalue weighted by molar-refractivity contribution is 5.80. The summed E-state index contributed by atoms with van der Waals surface area (Å²) in [5.74, 6) is 0.879. The van der Waals surface area contributed by atoms with Crippen LogP contribution in [0.3, 0.4) is 0 Å². The average molecular weight is 308 g/mol. The van der Waals surface area contributed by atoms with Crippen LogP contribution in [0.2, 0.25) is 0 Å². The molecule has 0 spiro atoms. The second kappa shape index (κ2) is 7.18. The Morgan fingerprint density at radius 1 is 1.23 bits per heavy atom. The first-order valence-electron chi connectivity index (χ1n) is 9.20. The largest absolute Gasteiger partial charge is 0.388 e. The number of rotatable bonds is 5. The Morgan fingerprint density at radius 2 is 2.00 bits per heavy atom. The van der Waals surface area contributed by atoms with Gasteiger partial charge in [0, 0.05) is 31.7 Å². The van der Waals surface area contributed by atoms with E-state index >= 15 is 0 Å². The van der Waals surface area contributed by atoms with Crippen LogP contribution >= 0.6 is 0 Å². The second-order valence-corrected chi connectivity index (χ2v) is 7.34. The van der Waals surface area contributed by atoms with Gasteiger partial charge in [-0.15, -0.1) is 0 Å². The third-order valence-electron chi connectivity index (χ3n) is 5.28. The monoisotopic (exact) mass is 308 g/mol. The van der Waals surface area contributed by atoms with Crippen LogP contribution < -0.4 is 10.6 Å². The molecular weight excluding hydrogens is 276 g/mol. The molecule has 0 aromatic heterocycles. The van der Waals surface area contributed by atoms with Gasteiger partial charge in [0.2, 0.25) is 0 Å². The van der Waals surface area contributed by atoms with Crippen molar-refractivity contribution in [3.05, 3.63) is 0 Å². The van der Waals surface area contributed by atoms with E-state index in [1.807, 2.05) is 0 Å². The summed E-state index contributed by atoms with van der Waals surface area (Å²) in [6.07, 6.45) is 9.28. The van der Waals surface area contributed by atoms with Gasteiger partial charge in [-0.3, -0.25) is 9.89 Å². The quantitative estimate of drug-likeness (QED) is 0.532. The number of nitrogens with zero attached hydrogens (tertiary/aromatic N) is 2. The number of likely N-dealkylation sites (tertiary alicyclic amines) is 1. The Morgan fingerprint density at radius 3 is 2.68 bits per heavy atom. The Labute approximate surface area is 134 Å². The maximum atomic E-state index is 10.6. The first-order chi connectivity index (χ1) is 10.7. The molecule has 1 aliphatic heterocycles. The summed E-state index contributed by atoms with van der Waals surface area (Å²) in [5.41, 5.74) is -0.573. The fraction of sp³-hybridized carbons (Fsp3) is 0.941. The van der Waals surface area contributed by atoms with E-state index in [1.54, 1.807) is 0 Å². The topological polar surface area (TPSA) is 59.9 Å². The molecule has 1 heterocycles. The maximum Gasteiger partial charge on any atom is 0.191 e. The van der Waals surface area contributed by atoms with Crippen LogP contribution in [0.1, 0.15) is 58.3 Å². The molecule has 0 aromatic rings. The van der Waals surface area contributed by atoms with Gasteiger partial charge in [-0.1, -0.05) is 19.3 Å². The summed E-state index contributed by atoms with van der Waals surface area (Å²) in [4.78, 5) is 7.29. The van der Waals surface area contributed by atoms with Crippen LogP contribution in [0.15, 0.2) is 4.99 Å². The Kier molecular flexibility index (Phi) is 5.24. The zero-order valence-corrected chi connectivity index (χ0v) is 14.0. The summed E-state index contributed by atoms with van der Waals surface area (Å²) < 4.78 is 0. The normalized spacial score (nSPS) is 29.5. The standard InChI is InChI=1S/C17H32N4O/c1-2-18-16(19-13-17(22)9-4-3-5-10-17)20-14-8-11-21(12-14)15-6-7-15/h14-15,22H,2-13H2,1H3,(H2,18,19,20). The number of hydrogen-bond acceptors (Lipinski definition) is 3. The fourth-order valence-electron chi connectivity index (χ4n) is 3.78. The average Bonchev–Trinajstić information content (AvgIpc) is 3.26. The smallest absolute Gasteiger partial charge is 0.191 e. The van der Waals surface area contributed by atoms with Crippen molar-refractivity contribution in [2.75, 3.05) is 26.2 Å². The molecule has 5 nitrogen and oxygen atoms in total. The highest BCUT2D eigenvalue weighted by atomic mass is 16.3. The van der Waals surface area contributed by atoms with Gasteiger partial charge in [0.1, 0.15) is 0 Å². The number of nitrogens with one attached hydrogen (secondary N) is 2. The van der Waals surface area contributed by atoms with Crippen LogP contribution in [0.5, 0.6) is 0 Å². The van der Waals surface area contributed by atoms with Crippen LogP contribution in [-0.2, 0) is 0 Å². The van der Waals surface area contributed by atoms with Crippen molar-refractivity contribution in [1.82, 2.24) is 15.5 Å². The third-order valence-corrected chi connectivity index (χ3v) is 5.28. The van der Waals surface area contributed by atoms with E-state index in [0.717, 1.165) is 50.8 Å². The first kappa shape index (κ1) is 16.1. The first-order valence-corrected chi connectivity index (χ1v) is 9.20. The number of hydrogen-bond donors (Lipinski definition) is 3. The molecular formula is C17H32N4O. The molecule has 1 unspecified atom stereocenters. The van der Waals surface area contributed by atoms with Crippen molar-refractivity contribution < 1.29 is 5.11 Å². The molecule has 3 rings (SSSR count). The molecule has 2 aliphatic carbocycles. The van der Waals surface area contributed by atoms with E-state index in [2.05, 4.69) is 27.4 Å². The molecule has 0 aromatic carbocycles. The summed E-state index contributed by atoms with van der Waals surface area (Å²) in [5, 5.41) is 17.5. The molecule has 22 heavy (non-hydrogen) atoms. The summed E-state index contributed by atoms with van der Waals surface area (Å²) in [6.45, 7) is 5.84. The van der Waals surface area contributed by atoms with Crippen LogP contribution in [0.25, 0.3) is 0 Å². The zero-order valence-electron chi connectivity index (χ0n) is 14.0. The molecule has 1 atom stereocenters. The molecule has 3 fully saturated rings. The van der Waals surface area contributed by atoms with E-state index in [4.69, 9.17) is 0 Å². The van der Waals surface area contributed by atoms with Crippen molar-refractivity contribution in [3.8, 4) is 0 Å². The summed E-state index contributed by atoms with van der Waals surface area (Å²) >= 11 is 0. The van der Waals surface area contributed by atoms with Gasteiger partial charge in [-0.05, 0) is 39.0 Å². The number of guanidine groups is 1. The van der Waals surface area contributed by atoms with Crippen molar-refractivity contribution in [2.45, 2.75) is 76.0 Å². The highest BCUT2D eigenvalue weighted by Gasteiger charge is 2.34. The molecule has 0 amide bonds. The Bertz CT molecular complexity index is 388. The van der Waals surface area contributed by atoms with Crippen molar-refractivity contribution in [3.63, 3.8) is 0 Å². The van der Waals surface area contributed by atoms with E-state index in [9.17, 15) is 5.11 Å². The van der Waals surface area contributed by atoms with Gasteiger partial charge in [0.25, 0.3) is 0 Å². The minimum atomic E-state index is -0.573. The van der Waals surface area contributed by atoms with Gasteiger partial charge < -0.3 is 15.7 Å². The lowest BCUT2D eigenvalue weighted by Gasteiger charge is -2.30. The van der Waals surface area contributed by atoms with Gasteiger partial charge >= 0.3 is 0 Å². The molecule has 3 N–H and O–H groups in total. The molecule has 2 saturated carbocycles. The lowest BCUT2D eigenvalue weighted by molar-refractivity contribution is 0.0131. The van der Waals surface area contributed by atoms with Gasteiger partial charge in [-0.25, -0.2) is 0 Å². The minimum absolute atomic E-state index is 0.499. The molecule has 5 heteroatoms. The molecule has 0 radical (unpaired) electrons. The third kappa shape index (κ3) is 4.35. The van der Waals surface area contributed by atoms with Crippen LogP contribution in [-0.4, -0.2) is 59.8 Å². The lowest BCUT2D eigenvalue weighted by Crippen LogP contribution is -2.46. The summed E-state index contributed by atoms with van der Waals surface area (Å²) in [7, 11) is 0. The van der Waals surface area contributed by atoms with Crippen molar-refractivity contribution >= 4 is 5.96 Å². The van der Waals surface area contributed by atoms with Crippen molar-refractivity contribution in [2.24, 2.45) is 4.99 Å². The maximum absolute atomic E-state index is 10.6. The summed E-state index contributed by atoms with van der Waals surface area (Å²) in [6, 6.07) is 1.36. The predicted molar refractivity (Wildman–Crippen MR) is 90.1 cm³/mol. The SMILES string of the molecule is CCNC(=NCC1(O)CCCCC1)NC1CCN(C2CC2)C1. The Hall–Kier alpha value is -0.810. The molecule has 126 valence electrons. The minimum Gasteiger partial charge on any atom is -0.388 e. The predicted octanol–water partition coefficient (Wildman–Crippen LogP) is 1.47. The highest BCUT2D eigenvalue weighted by Crippen LogP contribution is 2.30. The number of aliphatic hydroxyl groups is 1. The van der Waals surface area contributed by atoms with Gasteiger partial charge in [0.15, 0.2) is 5.96 Å². The molecule has 3 aliphatic rings. The molecule has 0 bridgehead atoms. The van der Waals surface area contributed by atoms with E-state index < -0.39 is 5.60 Å². The van der Waals surface area contributed by atoms with E-state index in [0.29, 0.717) is 12.6 Å². The number of aliphatic imine (C=N–C) groups is 1. The molecule has 1 saturated heterocycles. The van der Waals surface area contributed by atoms with Crippen LogP contribution in [0.4, 0.5) is 0 Å². The van der Waals surface area contributed by atoms with Gasteiger partial charge in [0.05, 0.1) is 12.1 Å². The Balaban J connectivity index is 1.51.